The standard InChI is InChI=1S/C15H23NO5/c1-15(2,14(18)19)5-6-16-9-10-7-11(20-3)13(17)12(8-10)21-4/h7-8,16-17H,5-6,9H2,1-4H3,(H,18,19). The van der Waals surface area contributed by atoms with Crippen LogP contribution in [-0.4, -0.2) is 36.9 Å². The molecular weight excluding hydrogens is 274 g/mol. The van der Waals surface area contributed by atoms with Gasteiger partial charge in [-0.2, -0.15) is 0 Å². The van der Waals surface area contributed by atoms with Gasteiger partial charge < -0.3 is 25.0 Å². The largest absolute Gasteiger partial charge is 0.502 e. The number of hydrogen-bond donors (Lipinski definition) is 3. The van der Waals surface area contributed by atoms with Gasteiger partial charge in [0, 0.05) is 6.54 Å². The minimum Gasteiger partial charge on any atom is -0.502 e. The molecule has 0 aromatic heterocycles. The number of carboxylic acids is 1. The minimum atomic E-state index is -0.808. The highest BCUT2D eigenvalue weighted by molar-refractivity contribution is 5.73. The molecule has 0 heterocycles. The van der Waals surface area contributed by atoms with E-state index < -0.39 is 11.4 Å². The van der Waals surface area contributed by atoms with E-state index in [1.165, 1.54) is 14.2 Å². The molecule has 3 N–H and O–H groups in total. The number of carboxylic acid groups (broad SMARTS) is 1. The number of phenols is 1. The number of hydrogen-bond acceptors (Lipinski definition) is 5. The molecule has 0 saturated heterocycles. The third kappa shape index (κ3) is 4.53. The van der Waals surface area contributed by atoms with Crippen molar-refractivity contribution in [3.05, 3.63) is 17.7 Å². The summed E-state index contributed by atoms with van der Waals surface area (Å²) < 4.78 is 10.2. The molecule has 0 aliphatic heterocycles. The number of benzene rings is 1. The molecule has 118 valence electrons. The van der Waals surface area contributed by atoms with Gasteiger partial charge in [0.15, 0.2) is 11.5 Å². The second-order valence-corrected chi connectivity index (χ2v) is 5.46. The third-order valence-electron chi connectivity index (χ3n) is 3.37. The van der Waals surface area contributed by atoms with Crippen molar-refractivity contribution >= 4 is 5.97 Å². The van der Waals surface area contributed by atoms with Crippen LogP contribution in [0, 0.1) is 5.41 Å². The first kappa shape index (κ1) is 17.1. The number of aromatic hydroxyl groups is 1. The summed E-state index contributed by atoms with van der Waals surface area (Å²) >= 11 is 0. The molecule has 0 aliphatic rings. The van der Waals surface area contributed by atoms with Crippen LogP contribution in [0.4, 0.5) is 0 Å². The average molecular weight is 297 g/mol. The Bertz CT molecular complexity index is 474. The second kappa shape index (κ2) is 7.17. The monoisotopic (exact) mass is 297 g/mol. The number of methoxy groups -OCH3 is 2. The van der Waals surface area contributed by atoms with Gasteiger partial charge in [0.2, 0.25) is 5.75 Å². The first-order valence-corrected chi connectivity index (χ1v) is 6.69. The zero-order valence-corrected chi connectivity index (χ0v) is 12.9. The highest BCUT2D eigenvalue weighted by Gasteiger charge is 2.26. The molecule has 1 aromatic carbocycles. The van der Waals surface area contributed by atoms with Crippen LogP contribution in [0.15, 0.2) is 12.1 Å². The average Bonchev–Trinajstić information content (AvgIpc) is 2.44. The molecule has 0 amide bonds. The van der Waals surface area contributed by atoms with Crippen LogP contribution in [0.5, 0.6) is 17.2 Å². The number of phenolic OH excluding ortho intramolecular Hbond substituents is 1. The lowest BCUT2D eigenvalue weighted by Crippen LogP contribution is -2.28. The normalized spacial score (nSPS) is 11.2. The van der Waals surface area contributed by atoms with Crippen molar-refractivity contribution in [1.29, 1.82) is 0 Å². The van der Waals surface area contributed by atoms with Crippen molar-refractivity contribution in [3.63, 3.8) is 0 Å². The fraction of sp³-hybridized carbons (Fsp3) is 0.533. The van der Waals surface area contributed by atoms with Crippen molar-refractivity contribution < 1.29 is 24.5 Å². The number of carbonyl (C=O) groups is 1. The van der Waals surface area contributed by atoms with Gasteiger partial charge in [-0.05, 0) is 44.5 Å². The second-order valence-electron chi connectivity index (χ2n) is 5.46. The van der Waals surface area contributed by atoms with E-state index in [2.05, 4.69) is 5.32 Å². The van der Waals surface area contributed by atoms with Crippen LogP contribution < -0.4 is 14.8 Å². The molecule has 0 aliphatic carbocycles. The summed E-state index contributed by atoms with van der Waals surface area (Å²) in [6, 6.07) is 3.43. The molecule has 0 atom stereocenters. The van der Waals surface area contributed by atoms with Gasteiger partial charge in [-0.25, -0.2) is 0 Å². The van der Waals surface area contributed by atoms with Crippen molar-refractivity contribution in [3.8, 4) is 17.2 Å². The lowest BCUT2D eigenvalue weighted by Gasteiger charge is -2.19. The van der Waals surface area contributed by atoms with Gasteiger partial charge in [0.05, 0.1) is 19.6 Å². The Morgan fingerprint density at radius 2 is 1.76 bits per heavy atom. The first-order valence-electron chi connectivity index (χ1n) is 6.69. The van der Waals surface area contributed by atoms with Gasteiger partial charge in [0.25, 0.3) is 0 Å². The molecule has 0 spiro atoms. The Morgan fingerprint density at radius 3 is 2.19 bits per heavy atom. The molecular formula is C15H23NO5. The van der Waals surface area contributed by atoms with Gasteiger partial charge in [-0.3, -0.25) is 4.79 Å². The van der Waals surface area contributed by atoms with E-state index in [9.17, 15) is 9.90 Å². The van der Waals surface area contributed by atoms with E-state index in [1.54, 1.807) is 26.0 Å². The van der Waals surface area contributed by atoms with Crippen LogP contribution in [-0.2, 0) is 11.3 Å². The zero-order valence-electron chi connectivity index (χ0n) is 12.9. The highest BCUT2D eigenvalue weighted by Crippen LogP contribution is 2.37. The molecule has 0 radical (unpaired) electrons. The molecule has 0 fully saturated rings. The highest BCUT2D eigenvalue weighted by atomic mass is 16.5. The van der Waals surface area contributed by atoms with Crippen molar-refractivity contribution in [1.82, 2.24) is 5.32 Å². The third-order valence-corrected chi connectivity index (χ3v) is 3.37. The topological polar surface area (TPSA) is 88.0 Å². The molecule has 21 heavy (non-hydrogen) atoms. The SMILES string of the molecule is COc1cc(CNCCC(C)(C)C(=O)O)cc(OC)c1O. The number of ether oxygens (including phenoxy) is 2. The predicted molar refractivity (Wildman–Crippen MR) is 79.0 cm³/mol. The summed E-state index contributed by atoms with van der Waals surface area (Å²) in [6.45, 7) is 4.50. The van der Waals surface area contributed by atoms with E-state index in [0.717, 1.165) is 5.56 Å². The zero-order chi connectivity index (χ0) is 16.0. The molecule has 0 saturated carbocycles. The first-order chi connectivity index (χ1) is 9.81. The van der Waals surface area contributed by atoms with Crippen LogP contribution in [0.3, 0.4) is 0 Å². The van der Waals surface area contributed by atoms with Gasteiger partial charge in [-0.1, -0.05) is 0 Å². The van der Waals surface area contributed by atoms with Crippen molar-refractivity contribution in [2.75, 3.05) is 20.8 Å². The molecule has 0 unspecified atom stereocenters. The van der Waals surface area contributed by atoms with Crippen LogP contribution in [0.25, 0.3) is 0 Å². The fourth-order valence-electron chi connectivity index (χ4n) is 1.79. The Balaban J connectivity index is 2.62. The molecule has 1 rings (SSSR count). The lowest BCUT2D eigenvalue weighted by molar-refractivity contribution is -0.147. The summed E-state index contributed by atoms with van der Waals surface area (Å²) in [6.07, 6.45) is 0.523. The van der Waals surface area contributed by atoms with Gasteiger partial charge >= 0.3 is 5.97 Å². The van der Waals surface area contributed by atoms with E-state index in [4.69, 9.17) is 14.6 Å². The predicted octanol–water partition coefficient (Wildman–Crippen LogP) is 2.00. The Labute approximate surface area is 124 Å². The van der Waals surface area contributed by atoms with Crippen LogP contribution in [0.1, 0.15) is 25.8 Å². The maximum atomic E-state index is 11.0. The maximum absolute atomic E-state index is 11.0. The van der Waals surface area contributed by atoms with Crippen LogP contribution >= 0.6 is 0 Å². The molecule has 0 bridgehead atoms. The van der Waals surface area contributed by atoms with Crippen molar-refractivity contribution in [2.45, 2.75) is 26.8 Å². The molecule has 6 nitrogen and oxygen atoms in total. The summed E-state index contributed by atoms with van der Waals surface area (Å²) in [4.78, 5) is 11.0. The van der Waals surface area contributed by atoms with E-state index in [1.807, 2.05) is 0 Å². The number of nitrogens with one attached hydrogen (secondary N) is 1. The minimum absolute atomic E-state index is 0.0317. The van der Waals surface area contributed by atoms with Gasteiger partial charge in [0.1, 0.15) is 0 Å². The van der Waals surface area contributed by atoms with Gasteiger partial charge in [-0.15, -0.1) is 0 Å². The Morgan fingerprint density at radius 1 is 1.24 bits per heavy atom. The number of aliphatic carboxylic acids is 1. The summed E-state index contributed by atoms with van der Waals surface area (Å²) in [5, 5.41) is 22.0. The molecule has 1 aromatic rings. The smallest absolute Gasteiger partial charge is 0.309 e. The van der Waals surface area contributed by atoms with E-state index in [-0.39, 0.29) is 5.75 Å². The lowest BCUT2D eigenvalue weighted by atomic mass is 9.90. The van der Waals surface area contributed by atoms with Crippen molar-refractivity contribution in [2.24, 2.45) is 5.41 Å². The quantitative estimate of drug-likeness (QED) is 0.636. The summed E-state index contributed by atoms with van der Waals surface area (Å²) in [7, 11) is 2.95. The van der Waals surface area contributed by atoms with E-state index >= 15 is 0 Å². The maximum Gasteiger partial charge on any atom is 0.309 e. The Kier molecular flexibility index (Phi) is 5.84. The summed E-state index contributed by atoms with van der Waals surface area (Å²) in [5.41, 5.74) is 0.131. The van der Waals surface area contributed by atoms with Crippen LogP contribution in [0.2, 0.25) is 0 Å². The summed E-state index contributed by atoms with van der Waals surface area (Å²) in [5.74, 6) is -0.151. The Hall–Kier alpha value is -1.95. The number of rotatable bonds is 8. The van der Waals surface area contributed by atoms with E-state index in [0.29, 0.717) is 31.0 Å². The fourth-order valence-corrected chi connectivity index (χ4v) is 1.79. The molecule has 6 heteroatoms.